The van der Waals surface area contributed by atoms with Gasteiger partial charge < -0.3 is 4.43 Å². The van der Waals surface area contributed by atoms with Crippen molar-refractivity contribution in [3.05, 3.63) is 90.9 Å². The predicted molar refractivity (Wildman–Crippen MR) is 150 cm³/mol. The average Bonchev–Trinajstić information content (AvgIpc) is 3.35. The van der Waals surface area contributed by atoms with Crippen molar-refractivity contribution in [2.24, 2.45) is 0 Å². The Balaban J connectivity index is 0.000000495. The number of carbonyl (C=O) groups is 1. The summed E-state index contributed by atoms with van der Waals surface area (Å²) >= 11 is 0. The molecular weight excluding hydrogens is 502 g/mol. The summed E-state index contributed by atoms with van der Waals surface area (Å²) in [6.07, 6.45) is 4.70. The number of rotatable bonds is 6. The molecule has 198 valence electrons. The fraction of sp³-hybridized carbons (Fsp3) is 0.484. The zero-order chi connectivity index (χ0) is 26.6. The number of likely N-dealkylation sites (tertiary alicyclic amines) is 1. The molecule has 3 nitrogen and oxygen atoms in total. The van der Waals surface area contributed by atoms with E-state index in [9.17, 15) is 4.79 Å². The molecule has 1 atom stereocenters. The molecule has 36 heavy (non-hydrogen) atoms. The van der Waals surface area contributed by atoms with E-state index < -0.39 is 8.32 Å². The van der Waals surface area contributed by atoms with Crippen LogP contribution in [0.2, 0.25) is 18.1 Å². The zero-order valence-corrected chi connectivity index (χ0v) is 26.3. The second kappa shape index (κ2) is 14.1. The van der Waals surface area contributed by atoms with Crippen molar-refractivity contribution in [2.45, 2.75) is 92.8 Å². The van der Waals surface area contributed by atoms with E-state index in [1.165, 1.54) is 29.6 Å². The molecule has 2 aliphatic rings. The normalized spacial score (nSPS) is 20.8. The van der Waals surface area contributed by atoms with E-state index >= 15 is 0 Å². The second-order valence-electron chi connectivity index (χ2n) is 11.3. The van der Waals surface area contributed by atoms with Gasteiger partial charge in [-0.2, -0.15) is 0 Å². The maximum Gasteiger partial charge on any atom is 0.369 e. The van der Waals surface area contributed by atoms with Crippen molar-refractivity contribution in [2.75, 3.05) is 6.61 Å². The van der Waals surface area contributed by atoms with Crippen LogP contribution in [0.25, 0.3) is 0 Å². The summed E-state index contributed by atoms with van der Waals surface area (Å²) in [5.41, 5.74) is 1.07. The minimum atomic E-state index is -1.84. The van der Waals surface area contributed by atoms with E-state index in [0.717, 1.165) is 18.0 Å². The van der Waals surface area contributed by atoms with Gasteiger partial charge in [-0.05, 0) is 59.7 Å². The number of amides is 1. The van der Waals surface area contributed by atoms with Crippen LogP contribution in [0.15, 0.2) is 30.3 Å². The van der Waals surface area contributed by atoms with Crippen LogP contribution in [0.5, 0.6) is 0 Å². The van der Waals surface area contributed by atoms with E-state index in [2.05, 4.69) is 75.4 Å². The van der Waals surface area contributed by atoms with Gasteiger partial charge >= 0.3 is 5.91 Å². The zero-order valence-electron chi connectivity index (χ0n) is 24.2. The van der Waals surface area contributed by atoms with Crippen LogP contribution < -0.4 is 4.90 Å². The Kier molecular flexibility index (Phi) is 13.1. The summed E-state index contributed by atoms with van der Waals surface area (Å²) in [5, 5.41) is 0.157. The van der Waals surface area contributed by atoms with E-state index in [1.807, 2.05) is 49.7 Å². The third-order valence-electron chi connectivity index (χ3n) is 8.18. The van der Waals surface area contributed by atoms with Crippen molar-refractivity contribution in [1.29, 1.82) is 0 Å². The first-order valence-corrected chi connectivity index (χ1v) is 15.7. The number of benzene rings is 1. The fourth-order valence-corrected chi connectivity index (χ4v) is 4.97. The van der Waals surface area contributed by atoms with Gasteiger partial charge in [0.2, 0.25) is 12.6 Å². The molecule has 0 spiro atoms. The Morgan fingerprint density at radius 1 is 0.917 bits per heavy atom. The molecule has 1 aromatic carbocycles. The van der Waals surface area contributed by atoms with Gasteiger partial charge in [0.05, 0.1) is 0 Å². The molecule has 1 saturated carbocycles. The molecular formula is C31H46FeNO2Si+. The molecule has 1 aromatic rings. The molecule has 1 heterocycles. The number of carbonyl (C=O) groups excluding carboxylic acids is 1. The summed E-state index contributed by atoms with van der Waals surface area (Å²) in [7, 11) is -1.84. The van der Waals surface area contributed by atoms with Crippen molar-refractivity contribution in [1.82, 2.24) is 4.90 Å². The molecule has 1 unspecified atom stereocenters. The monoisotopic (exact) mass is 548 g/mol. The molecule has 2 fully saturated rings. The molecule has 0 bridgehead atoms. The van der Waals surface area contributed by atoms with E-state index in [4.69, 9.17) is 4.43 Å². The third-order valence-corrected chi connectivity index (χ3v) is 12.7. The van der Waals surface area contributed by atoms with Gasteiger partial charge in [-0.25, -0.2) is 4.79 Å². The quantitative estimate of drug-likeness (QED) is 0.267. The third kappa shape index (κ3) is 8.02. The van der Waals surface area contributed by atoms with Gasteiger partial charge in [-0.15, -0.1) is 0 Å². The smallest absolute Gasteiger partial charge is 0.369 e. The van der Waals surface area contributed by atoms with Crippen molar-refractivity contribution in [3.63, 3.8) is 0 Å². The van der Waals surface area contributed by atoms with Crippen LogP contribution in [0.4, 0.5) is 0 Å². The maximum atomic E-state index is 13.1. The minimum Gasteiger partial charge on any atom is -0.410 e. The second-order valence-corrected chi connectivity index (χ2v) is 16.1. The molecule has 1 saturated heterocycles. The van der Waals surface area contributed by atoms with Crippen LogP contribution >= 0.6 is 0 Å². The van der Waals surface area contributed by atoms with E-state index in [1.54, 1.807) is 4.90 Å². The summed E-state index contributed by atoms with van der Waals surface area (Å²) < 4.78 is 6.31. The largest absolute Gasteiger partial charge is 0.410 e. The van der Waals surface area contributed by atoms with Crippen LogP contribution in [0.3, 0.4) is 0 Å². The molecule has 1 aliphatic heterocycles. The predicted octanol–water partition coefficient (Wildman–Crippen LogP) is 7.95. The van der Waals surface area contributed by atoms with E-state index in [0.29, 0.717) is 6.61 Å². The van der Waals surface area contributed by atoms with Gasteiger partial charge in [0, 0.05) is 29.9 Å². The topological polar surface area (TPSA) is 32.2 Å². The standard InChI is InChI=1S/C21H31NO2Si.C10H15.Fe/c1-7-19(17-12-9-8-10-13-17)20(23)22-15-11-14-18(22)16-24-25(5,6)21(2,3)4;1-6-7(2)9(4)10(5)8(6)3;/h8-15,19H,7,16H2,1-6H3;1-5H3;/q+1;;. The first-order valence-electron chi connectivity index (χ1n) is 12.8. The molecule has 0 aromatic heterocycles. The van der Waals surface area contributed by atoms with Gasteiger partial charge in [0.25, 0.3) is 0 Å². The Bertz CT molecular complexity index is 749. The van der Waals surface area contributed by atoms with Crippen molar-refractivity contribution < 1.29 is 26.3 Å². The number of hydrogen-bond acceptors (Lipinski definition) is 2. The number of hydrogen-bond donors (Lipinski definition) is 0. The Morgan fingerprint density at radius 3 is 1.81 bits per heavy atom. The molecule has 1 amide bonds. The number of nitrogens with zero attached hydrogens (tertiary/aromatic N) is 1. The first kappa shape index (κ1) is 33.6. The molecule has 0 N–H and O–H groups in total. The summed E-state index contributed by atoms with van der Waals surface area (Å²) in [4.78, 5) is 14.9. The Hall–Kier alpha value is -0.454. The summed E-state index contributed by atoms with van der Waals surface area (Å²) in [6.45, 7) is 26.6. The van der Waals surface area contributed by atoms with Crippen LogP contribution in [0, 0.1) is 55.0 Å². The maximum absolute atomic E-state index is 13.1. The van der Waals surface area contributed by atoms with Crippen LogP contribution in [-0.4, -0.2) is 20.8 Å². The van der Waals surface area contributed by atoms with Gasteiger partial charge in [0.1, 0.15) is 12.5 Å². The van der Waals surface area contributed by atoms with Crippen molar-refractivity contribution >= 4 is 14.2 Å². The Labute approximate surface area is 235 Å². The molecule has 3 rings (SSSR count). The average molecular weight is 549 g/mol. The summed E-state index contributed by atoms with van der Waals surface area (Å²) in [6, 6.07) is 11.0. The minimum absolute atomic E-state index is 0. The van der Waals surface area contributed by atoms with Crippen LogP contribution in [-0.2, 0) is 26.3 Å². The fourth-order valence-electron chi connectivity index (χ4n) is 4.03. The van der Waals surface area contributed by atoms with E-state index in [-0.39, 0.29) is 33.9 Å². The van der Waals surface area contributed by atoms with Crippen molar-refractivity contribution in [3.8, 4) is 0 Å². The first-order chi connectivity index (χ1) is 16.2. The van der Waals surface area contributed by atoms with Gasteiger partial charge in [-0.1, -0.05) is 97.5 Å². The Morgan fingerprint density at radius 2 is 1.39 bits per heavy atom. The summed E-state index contributed by atoms with van der Waals surface area (Å²) in [5.74, 6) is 7.33. The molecule has 5 heteroatoms. The SMILES string of the molecule is CCC(C(=O)[N+]1[CH][CH][CH][C]1CO[Si](C)(C)C(C)(C)C)c1ccccc1.C[C]1[C](C)[C](C)[C](C)[C]1C.[Fe]. The van der Waals surface area contributed by atoms with Crippen LogP contribution in [0.1, 0.15) is 80.2 Å². The molecule has 10 radical (unpaired) electrons. The molecule has 1 aliphatic carbocycles. The van der Waals surface area contributed by atoms with Gasteiger partial charge in [-0.3, -0.25) is 0 Å². The van der Waals surface area contributed by atoms with Gasteiger partial charge in [0.15, 0.2) is 8.32 Å².